The normalized spacial score (nSPS) is 27.9. The van der Waals surface area contributed by atoms with Gasteiger partial charge in [0.25, 0.3) is 0 Å². The van der Waals surface area contributed by atoms with Crippen LogP contribution < -0.4 is 0 Å². The third-order valence-corrected chi connectivity index (χ3v) is 6.17. The van der Waals surface area contributed by atoms with Crippen LogP contribution in [-0.2, 0) is 23.8 Å². The van der Waals surface area contributed by atoms with Crippen LogP contribution in [0.4, 0.5) is 0 Å². The number of carbonyl (C=O) groups is 2. The predicted octanol–water partition coefficient (Wildman–Crippen LogP) is 0.830. The standard InChI is InChI=1S/C24H42N2O7/c1-18(2)6-15-33-22-16-26(19(3)27)11-10-25(24(30)20-7-13-31-14-8-20)9-4-5-12-32-17-21(28)23(22)29/h4-5,18,20-23,28-29H,6-17H2,1-3H3/b5-4-/t21-,22-,23-/m0/s1. The fourth-order valence-corrected chi connectivity index (χ4v) is 3.92. The van der Waals surface area contributed by atoms with E-state index in [1.54, 1.807) is 15.9 Å². The van der Waals surface area contributed by atoms with Gasteiger partial charge in [-0.2, -0.15) is 0 Å². The molecule has 9 nitrogen and oxygen atoms in total. The highest BCUT2D eigenvalue weighted by atomic mass is 16.5. The molecule has 2 heterocycles. The Labute approximate surface area is 197 Å². The molecule has 0 spiro atoms. The number of aliphatic hydroxyl groups is 2. The molecule has 1 saturated heterocycles. The summed E-state index contributed by atoms with van der Waals surface area (Å²) in [6.07, 6.45) is 2.77. The Bertz CT molecular complexity index is 622. The van der Waals surface area contributed by atoms with Crippen molar-refractivity contribution in [3.8, 4) is 0 Å². The summed E-state index contributed by atoms with van der Waals surface area (Å²) >= 11 is 0. The number of ether oxygens (including phenoxy) is 3. The first-order valence-electron chi connectivity index (χ1n) is 12.1. The topological polar surface area (TPSA) is 109 Å². The van der Waals surface area contributed by atoms with Crippen molar-refractivity contribution in [2.24, 2.45) is 11.8 Å². The summed E-state index contributed by atoms with van der Waals surface area (Å²) in [4.78, 5) is 28.9. The summed E-state index contributed by atoms with van der Waals surface area (Å²) in [6.45, 7) is 8.66. The van der Waals surface area contributed by atoms with Crippen molar-refractivity contribution >= 4 is 11.8 Å². The zero-order valence-corrected chi connectivity index (χ0v) is 20.4. The minimum Gasteiger partial charge on any atom is -0.388 e. The smallest absolute Gasteiger partial charge is 0.226 e. The van der Waals surface area contributed by atoms with Crippen LogP contribution in [0.2, 0.25) is 0 Å². The molecule has 1 fully saturated rings. The fourth-order valence-electron chi connectivity index (χ4n) is 3.92. The van der Waals surface area contributed by atoms with Crippen molar-refractivity contribution in [1.82, 2.24) is 9.80 Å². The number of carbonyl (C=O) groups excluding carboxylic acids is 2. The monoisotopic (exact) mass is 470 g/mol. The Morgan fingerprint density at radius 3 is 2.45 bits per heavy atom. The zero-order valence-electron chi connectivity index (χ0n) is 20.4. The van der Waals surface area contributed by atoms with Crippen molar-refractivity contribution in [2.45, 2.75) is 58.3 Å². The molecule has 0 bridgehead atoms. The Morgan fingerprint density at radius 1 is 1.09 bits per heavy atom. The van der Waals surface area contributed by atoms with Crippen LogP contribution in [0.5, 0.6) is 0 Å². The lowest BCUT2D eigenvalue weighted by molar-refractivity contribution is -0.143. The average molecular weight is 471 g/mol. The molecular formula is C24H42N2O7. The van der Waals surface area contributed by atoms with E-state index in [1.807, 2.05) is 6.08 Å². The maximum Gasteiger partial charge on any atom is 0.226 e. The number of aliphatic hydroxyl groups excluding tert-OH is 2. The lowest BCUT2D eigenvalue weighted by atomic mass is 9.98. The number of amides is 2. The van der Waals surface area contributed by atoms with E-state index in [9.17, 15) is 19.8 Å². The predicted molar refractivity (Wildman–Crippen MR) is 124 cm³/mol. The summed E-state index contributed by atoms with van der Waals surface area (Å²) < 4.78 is 16.8. The van der Waals surface area contributed by atoms with Gasteiger partial charge in [-0.25, -0.2) is 0 Å². The summed E-state index contributed by atoms with van der Waals surface area (Å²) in [5.41, 5.74) is 0. The van der Waals surface area contributed by atoms with Crippen LogP contribution in [0.1, 0.15) is 40.0 Å². The SMILES string of the molecule is CC(=O)N1CCN(C(=O)C2CCOCC2)C/C=C\COC[C@H](O)[C@H](O)[C@@H](OCCC(C)C)C1. The Morgan fingerprint density at radius 2 is 1.79 bits per heavy atom. The lowest BCUT2D eigenvalue weighted by Gasteiger charge is -2.34. The van der Waals surface area contributed by atoms with E-state index in [-0.39, 0.29) is 37.5 Å². The molecule has 0 radical (unpaired) electrons. The van der Waals surface area contributed by atoms with Crippen molar-refractivity contribution < 1.29 is 34.0 Å². The van der Waals surface area contributed by atoms with E-state index >= 15 is 0 Å². The third kappa shape index (κ3) is 9.70. The Balaban J connectivity index is 2.15. The van der Waals surface area contributed by atoms with Crippen LogP contribution in [-0.4, -0.2) is 109 Å². The molecule has 3 atom stereocenters. The average Bonchev–Trinajstić information content (AvgIpc) is 2.79. The van der Waals surface area contributed by atoms with E-state index < -0.39 is 18.3 Å². The molecule has 0 aromatic heterocycles. The van der Waals surface area contributed by atoms with E-state index in [0.29, 0.717) is 58.2 Å². The van der Waals surface area contributed by atoms with Gasteiger partial charge in [-0.3, -0.25) is 9.59 Å². The highest BCUT2D eigenvalue weighted by Gasteiger charge is 2.31. The summed E-state index contributed by atoms with van der Waals surface area (Å²) in [5.74, 6) is 0.248. The molecule has 0 unspecified atom stereocenters. The molecule has 0 aromatic carbocycles. The van der Waals surface area contributed by atoms with Gasteiger partial charge in [-0.15, -0.1) is 0 Å². The minimum absolute atomic E-state index is 0.0552. The molecule has 0 aliphatic carbocycles. The molecule has 2 N–H and O–H groups in total. The Kier molecular flexibility index (Phi) is 12.3. The molecule has 33 heavy (non-hydrogen) atoms. The lowest BCUT2D eigenvalue weighted by Crippen LogP contribution is -2.51. The van der Waals surface area contributed by atoms with Gasteiger partial charge in [-0.05, 0) is 25.2 Å². The summed E-state index contributed by atoms with van der Waals surface area (Å²) in [5, 5.41) is 21.1. The van der Waals surface area contributed by atoms with E-state index in [1.165, 1.54) is 6.92 Å². The highest BCUT2D eigenvalue weighted by Crippen LogP contribution is 2.18. The molecule has 0 aromatic rings. The maximum atomic E-state index is 13.1. The largest absolute Gasteiger partial charge is 0.388 e. The van der Waals surface area contributed by atoms with Gasteiger partial charge < -0.3 is 34.2 Å². The van der Waals surface area contributed by atoms with Crippen molar-refractivity contribution in [2.75, 3.05) is 59.2 Å². The Hall–Kier alpha value is -1.52. The van der Waals surface area contributed by atoms with Gasteiger partial charge in [0, 0.05) is 58.8 Å². The van der Waals surface area contributed by atoms with E-state index in [2.05, 4.69) is 13.8 Å². The molecule has 190 valence electrons. The van der Waals surface area contributed by atoms with Crippen LogP contribution in [0.15, 0.2) is 12.2 Å². The minimum atomic E-state index is -1.20. The summed E-state index contributed by atoms with van der Waals surface area (Å²) in [6, 6.07) is 0. The first kappa shape index (κ1) is 27.7. The van der Waals surface area contributed by atoms with Crippen LogP contribution in [0, 0.1) is 11.8 Å². The molecule has 0 saturated carbocycles. The van der Waals surface area contributed by atoms with Crippen LogP contribution in [0.25, 0.3) is 0 Å². The number of hydrogen-bond acceptors (Lipinski definition) is 7. The van der Waals surface area contributed by atoms with E-state index in [4.69, 9.17) is 14.2 Å². The summed E-state index contributed by atoms with van der Waals surface area (Å²) in [7, 11) is 0. The van der Waals surface area contributed by atoms with Gasteiger partial charge in [0.15, 0.2) is 0 Å². The second-order valence-corrected chi connectivity index (χ2v) is 9.29. The molecule has 2 aliphatic rings. The van der Waals surface area contributed by atoms with Crippen molar-refractivity contribution in [1.29, 1.82) is 0 Å². The quantitative estimate of drug-likeness (QED) is 0.573. The first-order chi connectivity index (χ1) is 15.8. The van der Waals surface area contributed by atoms with Gasteiger partial charge in [-0.1, -0.05) is 26.0 Å². The second-order valence-electron chi connectivity index (χ2n) is 9.29. The van der Waals surface area contributed by atoms with Crippen LogP contribution >= 0.6 is 0 Å². The number of rotatable bonds is 5. The third-order valence-electron chi connectivity index (χ3n) is 6.17. The highest BCUT2D eigenvalue weighted by molar-refractivity contribution is 5.79. The number of hydrogen-bond donors (Lipinski definition) is 2. The zero-order chi connectivity index (χ0) is 24.2. The second kappa shape index (κ2) is 14.7. The molecular weight excluding hydrogens is 428 g/mol. The van der Waals surface area contributed by atoms with Gasteiger partial charge in [0.05, 0.1) is 13.2 Å². The first-order valence-corrected chi connectivity index (χ1v) is 12.1. The molecule has 2 aliphatic heterocycles. The van der Waals surface area contributed by atoms with Crippen molar-refractivity contribution in [3.05, 3.63) is 12.2 Å². The molecule has 2 rings (SSSR count). The molecule has 2 amide bonds. The van der Waals surface area contributed by atoms with Gasteiger partial charge in [0.2, 0.25) is 11.8 Å². The van der Waals surface area contributed by atoms with Crippen molar-refractivity contribution in [3.63, 3.8) is 0 Å². The fraction of sp³-hybridized carbons (Fsp3) is 0.833. The van der Waals surface area contributed by atoms with E-state index in [0.717, 1.165) is 6.42 Å². The number of nitrogens with zero attached hydrogens (tertiary/aromatic N) is 2. The maximum absolute atomic E-state index is 13.1. The van der Waals surface area contributed by atoms with Gasteiger partial charge >= 0.3 is 0 Å². The van der Waals surface area contributed by atoms with Gasteiger partial charge in [0.1, 0.15) is 18.3 Å². The molecule has 9 heteroatoms. The van der Waals surface area contributed by atoms with Crippen LogP contribution in [0.3, 0.4) is 0 Å².